The Morgan fingerprint density at radius 2 is 1.73 bits per heavy atom. The molecule has 0 unspecified atom stereocenters. The maximum atomic E-state index is 12.9. The third-order valence-electron chi connectivity index (χ3n) is 4.50. The number of nitrogens with zero attached hydrogens (tertiary/aromatic N) is 5. The first kappa shape index (κ1) is 14.6. The van der Waals surface area contributed by atoms with Crippen LogP contribution in [0.1, 0.15) is 15.9 Å². The molecule has 2 aliphatic rings. The predicted molar refractivity (Wildman–Crippen MR) is 95.1 cm³/mol. The van der Waals surface area contributed by atoms with Gasteiger partial charge in [0.2, 0.25) is 0 Å². The number of hydrogen-bond acceptors (Lipinski definition) is 5. The lowest BCUT2D eigenvalue weighted by Gasteiger charge is -2.33. The van der Waals surface area contributed by atoms with Gasteiger partial charge in [-0.25, -0.2) is 20.0 Å². The van der Waals surface area contributed by atoms with Gasteiger partial charge >= 0.3 is 5.91 Å². The van der Waals surface area contributed by atoms with Crippen molar-refractivity contribution in [3.8, 4) is 5.69 Å². The number of aliphatic imine (C=N–C) groups is 1. The third-order valence-corrected chi connectivity index (χ3v) is 4.50. The Morgan fingerprint density at radius 3 is 2.58 bits per heavy atom. The Labute approximate surface area is 148 Å². The predicted octanol–water partition coefficient (Wildman–Crippen LogP) is 2.04. The van der Waals surface area contributed by atoms with E-state index in [4.69, 9.17) is 0 Å². The number of carbonyl (C=O) groups is 2. The minimum absolute atomic E-state index is 0.0895. The van der Waals surface area contributed by atoms with E-state index >= 15 is 0 Å². The highest BCUT2D eigenvalue weighted by Gasteiger charge is 2.40. The maximum Gasteiger partial charge on any atom is 0.315 e. The number of amidine groups is 1. The molecule has 0 saturated carbocycles. The quantitative estimate of drug-likeness (QED) is 0.527. The second-order valence-corrected chi connectivity index (χ2v) is 5.97. The number of para-hydroxylation sites is 1. The van der Waals surface area contributed by atoms with Crippen molar-refractivity contribution in [1.82, 2.24) is 14.6 Å². The number of hydrogen-bond donors (Lipinski definition) is 0. The van der Waals surface area contributed by atoms with Crippen LogP contribution in [0.2, 0.25) is 0 Å². The lowest BCUT2D eigenvalue weighted by molar-refractivity contribution is -0.125. The number of carbonyl (C=O) groups excluding carboxylic acids is 2. The molecule has 0 fully saturated rings. The highest BCUT2D eigenvalue weighted by Crippen LogP contribution is 2.34. The van der Waals surface area contributed by atoms with E-state index in [1.165, 1.54) is 5.01 Å². The molecule has 0 saturated heterocycles. The average molecular weight is 343 g/mol. The summed E-state index contributed by atoms with van der Waals surface area (Å²) in [7, 11) is 0. The number of Topliss-reactive ketones (excluding diaryl/α,β-unsaturated/α-hetero) is 1. The van der Waals surface area contributed by atoms with Gasteiger partial charge in [0.15, 0.2) is 11.7 Å². The normalized spacial score (nSPS) is 14.4. The molecule has 0 radical (unpaired) electrons. The van der Waals surface area contributed by atoms with Crippen molar-refractivity contribution >= 4 is 23.3 Å². The van der Waals surface area contributed by atoms with Crippen LogP contribution in [-0.4, -0.2) is 38.8 Å². The Bertz CT molecular complexity index is 1070. The van der Waals surface area contributed by atoms with Gasteiger partial charge in [0, 0.05) is 11.1 Å². The molecule has 3 heterocycles. The molecule has 7 heteroatoms. The van der Waals surface area contributed by atoms with Crippen LogP contribution in [0.25, 0.3) is 5.69 Å². The second-order valence-electron chi connectivity index (χ2n) is 5.97. The highest BCUT2D eigenvalue weighted by atomic mass is 16.2. The zero-order valence-electron chi connectivity index (χ0n) is 13.6. The van der Waals surface area contributed by atoms with Crippen LogP contribution in [0.15, 0.2) is 72.1 Å². The van der Waals surface area contributed by atoms with Crippen molar-refractivity contribution in [3.63, 3.8) is 0 Å². The topological polar surface area (TPSA) is 70.8 Å². The Kier molecular flexibility index (Phi) is 3.02. The first-order valence-corrected chi connectivity index (χ1v) is 8.13. The van der Waals surface area contributed by atoms with Crippen molar-refractivity contribution in [1.29, 1.82) is 0 Å². The molecule has 2 aliphatic heterocycles. The minimum atomic E-state index is -0.623. The molecule has 0 spiro atoms. The summed E-state index contributed by atoms with van der Waals surface area (Å²) in [4.78, 5) is 34.2. The monoisotopic (exact) mass is 343 g/mol. The average Bonchev–Trinajstić information content (AvgIpc) is 3.34. The van der Waals surface area contributed by atoms with Crippen LogP contribution in [-0.2, 0) is 4.79 Å². The summed E-state index contributed by atoms with van der Waals surface area (Å²) in [5, 5.41) is 3.02. The molecule has 26 heavy (non-hydrogen) atoms. The van der Waals surface area contributed by atoms with E-state index in [9.17, 15) is 9.59 Å². The summed E-state index contributed by atoms with van der Waals surface area (Å²) in [6.07, 6.45) is 3.34. The first-order valence-electron chi connectivity index (χ1n) is 8.13. The van der Waals surface area contributed by atoms with Crippen LogP contribution in [0.5, 0.6) is 0 Å². The number of hydrazine groups is 1. The highest BCUT2D eigenvalue weighted by molar-refractivity contribution is 6.43. The molecular weight excluding hydrogens is 330 g/mol. The van der Waals surface area contributed by atoms with Gasteiger partial charge in [0.05, 0.1) is 11.9 Å². The van der Waals surface area contributed by atoms with E-state index < -0.39 is 11.7 Å². The van der Waals surface area contributed by atoms with Crippen molar-refractivity contribution in [2.75, 3.05) is 11.7 Å². The molecular formula is C19H13N5O2. The van der Waals surface area contributed by atoms with E-state index in [2.05, 4.69) is 9.98 Å². The fourth-order valence-corrected chi connectivity index (χ4v) is 3.30. The molecule has 2 aromatic carbocycles. The molecule has 1 amide bonds. The largest absolute Gasteiger partial charge is 0.315 e. The number of anilines is 1. The fourth-order valence-electron chi connectivity index (χ4n) is 3.30. The number of amides is 1. The Balaban J connectivity index is 1.57. The van der Waals surface area contributed by atoms with Gasteiger partial charge in [-0.2, -0.15) is 0 Å². The molecule has 5 rings (SSSR count). The fraction of sp³-hybridized carbons (Fsp3) is 0.0526. The van der Waals surface area contributed by atoms with E-state index in [0.29, 0.717) is 17.2 Å². The van der Waals surface area contributed by atoms with Gasteiger partial charge in [-0.3, -0.25) is 14.2 Å². The van der Waals surface area contributed by atoms with Crippen LogP contribution in [0, 0.1) is 0 Å². The first-order chi connectivity index (χ1) is 12.8. The van der Waals surface area contributed by atoms with Crippen LogP contribution < -0.4 is 5.01 Å². The van der Waals surface area contributed by atoms with Crippen LogP contribution in [0.4, 0.5) is 5.82 Å². The van der Waals surface area contributed by atoms with Gasteiger partial charge in [-0.15, -0.1) is 0 Å². The summed E-state index contributed by atoms with van der Waals surface area (Å²) >= 11 is 0. The molecule has 0 aliphatic carbocycles. The van der Waals surface area contributed by atoms with Crippen LogP contribution in [0.3, 0.4) is 0 Å². The Hall–Kier alpha value is -3.74. The second kappa shape index (κ2) is 5.38. The molecule has 1 aromatic heterocycles. The number of benzene rings is 2. The van der Waals surface area contributed by atoms with Gasteiger partial charge in [-0.05, 0) is 12.1 Å². The molecule has 3 aromatic rings. The summed E-state index contributed by atoms with van der Waals surface area (Å²) < 4.78 is 1.88. The summed E-state index contributed by atoms with van der Waals surface area (Å²) in [6.45, 7) is 0.0895. The summed E-state index contributed by atoms with van der Waals surface area (Å²) in [5.41, 5.74) is 2.19. The molecule has 126 valence electrons. The SMILES string of the molecule is O=C(C(=O)N1CN=C2c3ccccc3-n3cncc3N21)c1ccccc1. The number of ketones is 1. The molecule has 0 bridgehead atoms. The standard InChI is InChI=1S/C19H13N5O2/c25-17(13-6-2-1-3-7-13)19(26)23-12-21-18-14-8-4-5-9-15(14)22-11-20-10-16(22)24(18)23/h1-11H,12H2. The van der Waals surface area contributed by atoms with E-state index in [1.807, 2.05) is 28.8 Å². The third kappa shape index (κ3) is 1.94. The zero-order chi connectivity index (χ0) is 17.7. The number of fused-ring (bicyclic) bond motifs is 6. The number of imidazole rings is 1. The smallest absolute Gasteiger partial charge is 0.283 e. The molecule has 0 N–H and O–H groups in total. The van der Waals surface area contributed by atoms with Gasteiger partial charge in [-0.1, -0.05) is 42.5 Å². The van der Waals surface area contributed by atoms with Gasteiger partial charge in [0.1, 0.15) is 13.0 Å². The van der Waals surface area contributed by atoms with Crippen molar-refractivity contribution in [2.45, 2.75) is 0 Å². The maximum absolute atomic E-state index is 12.9. The number of aromatic nitrogens is 2. The van der Waals surface area contributed by atoms with Crippen molar-refractivity contribution in [2.24, 2.45) is 4.99 Å². The van der Waals surface area contributed by atoms with Gasteiger partial charge in [0.25, 0.3) is 5.78 Å². The van der Waals surface area contributed by atoms with E-state index in [-0.39, 0.29) is 6.67 Å². The lowest BCUT2D eigenvalue weighted by atomic mass is 10.1. The van der Waals surface area contributed by atoms with Gasteiger partial charge < -0.3 is 0 Å². The van der Waals surface area contributed by atoms with Crippen molar-refractivity contribution in [3.05, 3.63) is 78.2 Å². The minimum Gasteiger partial charge on any atom is -0.283 e. The van der Waals surface area contributed by atoms with Crippen molar-refractivity contribution < 1.29 is 9.59 Å². The van der Waals surface area contributed by atoms with Crippen LogP contribution >= 0.6 is 0 Å². The molecule has 0 atom stereocenters. The number of rotatable bonds is 2. The summed E-state index contributed by atoms with van der Waals surface area (Å²) in [6, 6.07) is 16.3. The summed E-state index contributed by atoms with van der Waals surface area (Å²) in [5.74, 6) is 0.131. The lowest BCUT2D eigenvalue weighted by Crippen LogP contribution is -2.50. The zero-order valence-corrected chi connectivity index (χ0v) is 13.6. The molecule has 7 nitrogen and oxygen atoms in total. The van der Waals surface area contributed by atoms with E-state index in [1.54, 1.807) is 47.9 Å². The Morgan fingerprint density at radius 1 is 0.962 bits per heavy atom. The van der Waals surface area contributed by atoms with E-state index in [0.717, 1.165) is 11.3 Å².